The molecule has 0 spiro atoms. The average Bonchev–Trinajstić information content (AvgIpc) is 3.08. The van der Waals surface area contributed by atoms with Crippen LogP contribution in [0.4, 0.5) is 0 Å². The zero-order chi connectivity index (χ0) is 18.1. The Hall–Kier alpha value is -1.60. The molecule has 1 aromatic carbocycles. The van der Waals surface area contributed by atoms with Gasteiger partial charge in [-0.05, 0) is 57.9 Å². The fourth-order valence-electron chi connectivity index (χ4n) is 2.38. The van der Waals surface area contributed by atoms with Crippen LogP contribution < -0.4 is 5.73 Å². The fraction of sp³-hybridized carbons (Fsp3) is 0.421. The topological polar surface area (TPSA) is 68.8 Å². The lowest BCUT2D eigenvalue weighted by atomic mass is 10.2. The summed E-state index contributed by atoms with van der Waals surface area (Å²) in [5, 5.41) is 0. The molecule has 0 aliphatic carbocycles. The number of nitrogens with zero attached hydrogens (tertiary/aromatic N) is 2. The molecule has 4 N–H and O–H groups in total. The van der Waals surface area contributed by atoms with Crippen LogP contribution in [0.2, 0.25) is 0 Å². The monoisotopic (exact) mass is 361 g/mol. The van der Waals surface area contributed by atoms with Gasteiger partial charge in [-0.25, -0.2) is 4.98 Å². The first-order valence-corrected chi connectivity index (χ1v) is 9.78. The van der Waals surface area contributed by atoms with Crippen molar-refractivity contribution in [2.24, 2.45) is 0 Å². The van der Waals surface area contributed by atoms with Crippen LogP contribution in [0.15, 0.2) is 41.4 Å². The van der Waals surface area contributed by atoms with Gasteiger partial charge in [0.1, 0.15) is 5.82 Å². The van der Waals surface area contributed by atoms with Gasteiger partial charge in [0.25, 0.3) is 0 Å². The van der Waals surface area contributed by atoms with Crippen LogP contribution in [0, 0.1) is 0 Å². The molecule has 136 valence electrons. The number of rotatable bonds is 10. The van der Waals surface area contributed by atoms with Crippen LogP contribution in [0.5, 0.6) is 0 Å². The highest BCUT2D eigenvalue weighted by atomic mass is 32.2. The molecule has 0 aliphatic rings. The normalized spacial score (nSPS) is 13.0. The van der Waals surface area contributed by atoms with Crippen molar-refractivity contribution in [3.05, 3.63) is 42.4 Å². The van der Waals surface area contributed by atoms with Crippen LogP contribution in [-0.2, 0) is 4.74 Å². The summed E-state index contributed by atoms with van der Waals surface area (Å²) in [4.78, 5) is 11.2. The van der Waals surface area contributed by atoms with Crippen molar-refractivity contribution < 1.29 is 10.5 Å². The van der Waals surface area contributed by atoms with Gasteiger partial charge in [0, 0.05) is 16.5 Å². The Morgan fingerprint density at radius 1 is 1.36 bits per heavy atom. The van der Waals surface area contributed by atoms with Crippen LogP contribution in [0.25, 0.3) is 17.3 Å². The number of hydrogen-bond donors (Lipinski definition) is 2. The number of H-pyrrole nitrogens is 1. The zero-order valence-electron chi connectivity index (χ0n) is 15.4. The van der Waals surface area contributed by atoms with E-state index in [4.69, 9.17) is 4.74 Å². The summed E-state index contributed by atoms with van der Waals surface area (Å²) in [5.41, 5.74) is 6.17. The maximum atomic E-state index is 5.71. The second-order valence-electron chi connectivity index (χ2n) is 6.19. The van der Waals surface area contributed by atoms with Crippen molar-refractivity contribution in [1.82, 2.24) is 14.9 Å². The average molecular weight is 362 g/mol. The van der Waals surface area contributed by atoms with Crippen molar-refractivity contribution in [2.45, 2.75) is 24.0 Å². The van der Waals surface area contributed by atoms with Crippen molar-refractivity contribution in [3.63, 3.8) is 0 Å². The van der Waals surface area contributed by atoms with E-state index in [2.05, 4.69) is 65.2 Å². The minimum absolute atomic E-state index is 0.160. The molecule has 0 fully saturated rings. The Labute approximate surface area is 154 Å². The van der Waals surface area contributed by atoms with E-state index >= 15 is 0 Å². The summed E-state index contributed by atoms with van der Waals surface area (Å²) in [6.07, 6.45) is 9.84. The summed E-state index contributed by atoms with van der Waals surface area (Å²) >= 11 is 1.74. The molecule has 1 unspecified atom stereocenters. The van der Waals surface area contributed by atoms with E-state index in [1.165, 1.54) is 4.90 Å². The lowest BCUT2D eigenvalue weighted by molar-refractivity contribution is -0.472. The molecule has 0 amide bonds. The van der Waals surface area contributed by atoms with E-state index in [0.717, 1.165) is 43.1 Å². The van der Waals surface area contributed by atoms with E-state index in [1.807, 2.05) is 18.3 Å². The van der Waals surface area contributed by atoms with Gasteiger partial charge < -0.3 is 20.4 Å². The minimum Gasteiger partial charge on any atom is -0.338 e. The predicted octanol–water partition coefficient (Wildman–Crippen LogP) is 2.74. The quantitative estimate of drug-likeness (QED) is 0.388. The van der Waals surface area contributed by atoms with Gasteiger partial charge in [-0.1, -0.05) is 12.1 Å². The van der Waals surface area contributed by atoms with Crippen molar-refractivity contribution in [1.29, 1.82) is 0 Å². The number of benzene rings is 1. The highest BCUT2D eigenvalue weighted by Crippen LogP contribution is 2.23. The van der Waals surface area contributed by atoms with Crippen LogP contribution in [-0.4, -0.2) is 54.6 Å². The molecule has 2 aromatic rings. The summed E-state index contributed by atoms with van der Waals surface area (Å²) in [6.45, 7) is 1.82. The molecule has 0 saturated carbocycles. The molecule has 5 nitrogen and oxygen atoms in total. The molecule has 2 rings (SSSR count). The Bertz CT molecular complexity index is 669. The summed E-state index contributed by atoms with van der Waals surface area (Å²) < 4.78 is 5.71. The molecule has 0 radical (unpaired) electrons. The number of aromatic amines is 1. The molecule has 1 heterocycles. The Balaban J connectivity index is 1.82. The van der Waals surface area contributed by atoms with Gasteiger partial charge in [-0.3, -0.25) is 0 Å². The fourth-order valence-corrected chi connectivity index (χ4v) is 2.84. The van der Waals surface area contributed by atoms with E-state index in [-0.39, 0.29) is 6.23 Å². The third kappa shape index (κ3) is 7.04. The predicted molar refractivity (Wildman–Crippen MR) is 105 cm³/mol. The first-order valence-electron chi connectivity index (χ1n) is 8.55. The third-order valence-corrected chi connectivity index (χ3v) is 4.50. The zero-order valence-corrected chi connectivity index (χ0v) is 16.2. The molecule has 0 saturated heterocycles. The number of quaternary nitrogens is 1. The van der Waals surface area contributed by atoms with E-state index in [0.29, 0.717) is 0 Å². The number of nitrogens with one attached hydrogen (secondary N) is 1. The van der Waals surface area contributed by atoms with Gasteiger partial charge in [0.05, 0.1) is 18.5 Å². The van der Waals surface area contributed by atoms with Crippen molar-refractivity contribution >= 4 is 17.8 Å². The van der Waals surface area contributed by atoms with Gasteiger partial charge >= 0.3 is 0 Å². The number of aromatic nitrogens is 2. The standard InChI is InChI=1S/C19H28N4OS/c1-23(2)11-4-5-12-24-18(20)9-10-19-21-14-17(22-19)15-7-6-8-16(13-15)25-3/h6-10,13-14,18H,4-5,11-12,20H2,1-3H3,(H,21,22)/p+1/b10-9-. The van der Waals surface area contributed by atoms with Crippen LogP contribution in [0.3, 0.4) is 0 Å². The molecule has 6 heteroatoms. The number of hydrogen-bond acceptors (Lipinski definition) is 4. The molecule has 1 aromatic heterocycles. The minimum atomic E-state index is -0.160. The highest BCUT2D eigenvalue weighted by Gasteiger charge is 2.04. The number of unbranched alkanes of at least 4 members (excludes halogenated alkanes) is 1. The van der Waals surface area contributed by atoms with Crippen LogP contribution >= 0.6 is 11.8 Å². The van der Waals surface area contributed by atoms with Gasteiger partial charge in [0.2, 0.25) is 6.23 Å². The maximum absolute atomic E-state index is 5.71. The van der Waals surface area contributed by atoms with Gasteiger partial charge in [-0.15, -0.1) is 11.8 Å². The molecule has 25 heavy (non-hydrogen) atoms. The smallest absolute Gasteiger partial charge is 0.208 e. The Kier molecular flexibility index (Phi) is 8.21. The van der Waals surface area contributed by atoms with E-state index < -0.39 is 0 Å². The third-order valence-electron chi connectivity index (χ3n) is 3.78. The Morgan fingerprint density at radius 3 is 2.96 bits per heavy atom. The van der Waals surface area contributed by atoms with Crippen LogP contribution in [0.1, 0.15) is 18.7 Å². The summed E-state index contributed by atoms with van der Waals surface area (Å²) in [6, 6.07) is 8.41. The first kappa shape index (κ1) is 19.7. The second-order valence-corrected chi connectivity index (χ2v) is 7.07. The number of ether oxygens (including phenoxy) is 1. The Morgan fingerprint density at radius 2 is 2.20 bits per heavy atom. The molecular weight excluding hydrogens is 332 g/mol. The lowest BCUT2D eigenvalue weighted by Gasteiger charge is -2.09. The molecule has 0 bridgehead atoms. The van der Waals surface area contributed by atoms with E-state index in [1.54, 1.807) is 11.8 Å². The van der Waals surface area contributed by atoms with E-state index in [9.17, 15) is 0 Å². The lowest BCUT2D eigenvalue weighted by Crippen LogP contribution is -2.61. The summed E-state index contributed by atoms with van der Waals surface area (Å²) in [5.74, 6) is 0.814. The maximum Gasteiger partial charge on any atom is 0.208 e. The van der Waals surface area contributed by atoms with Gasteiger partial charge in [0.15, 0.2) is 0 Å². The SMILES string of the molecule is CSc1cccc(-c2cnc(/C=C\C([NH3+])OCCCCN(C)C)[nH]2)c1. The van der Waals surface area contributed by atoms with Gasteiger partial charge in [-0.2, -0.15) is 0 Å². The first-order chi connectivity index (χ1) is 12.1. The molecular formula is C19H29N4OS+. The number of thioether (sulfide) groups is 1. The van der Waals surface area contributed by atoms with Crippen molar-refractivity contribution in [2.75, 3.05) is 33.5 Å². The summed E-state index contributed by atoms with van der Waals surface area (Å²) in [7, 11) is 4.17. The highest BCUT2D eigenvalue weighted by molar-refractivity contribution is 7.98. The second kappa shape index (κ2) is 10.4. The molecule has 1 atom stereocenters. The largest absolute Gasteiger partial charge is 0.338 e. The van der Waals surface area contributed by atoms with Crippen molar-refractivity contribution in [3.8, 4) is 11.3 Å². The number of imidazole rings is 1. The molecule has 0 aliphatic heterocycles.